The highest BCUT2D eigenvalue weighted by Gasteiger charge is 2.32. The van der Waals surface area contributed by atoms with Gasteiger partial charge in [-0.05, 0) is 38.8 Å². The van der Waals surface area contributed by atoms with Crippen molar-refractivity contribution in [1.29, 1.82) is 0 Å². The van der Waals surface area contributed by atoms with Gasteiger partial charge in [-0.25, -0.2) is 14.2 Å². The Morgan fingerprint density at radius 3 is 2.35 bits per heavy atom. The van der Waals surface area contributed by atoms with E-state index in [1.807, 2.05) is 0 Å². The number of hydrogen-bond donors (Lipinski definition) is 1. The van der Waals surface area contributed by atoms with E-state index in [-0.39, 0.29) is 5.92 Å². The summed E-state index contributed by atoms with van der Waals surface area (Å²) in [5.41, 5.74) is -1.35. The number of esters is 1. The van der Waals surface area contributed by atoms with Gasteiger partial charge >= 0.3 is 11.7 Å². The summed E-state index contributed by atoms with van der Waals surface area (Å²) in [6.07, 6.45) is 0. The maximum atomic E-state index is 12.7. The number of benzene rings is 1. The van der Waals surface area contributed by atoms with Gasteiger partial charge in [-0.2, -0.15) is 0 Å². The van der Waals surface area contributed by atoms with E-state index in [1.54, 1.807) is 58.9 Å². The second-order valence-corrected chi connectivity index (χ2v) is 6.87. The standard InChI is InChI=1S/C17H22N2O4/c1-10(2)13(15(21)23-17(3,4)5)19-14(20)11-8-6-7-9-12(11)18-16(19)22/h6-10,13H,1-5H3,(H,18,22)/t13-/m0/s1. The topological polar surface area (TPSA) is 81.2 Å². The lowest BCUT2D eigenvalue weighted by Gasteiger charge is -2.26. The number of ether oxygens (including phenoxy) is 1. The molecule has 0 aliphatic carbocycles. The highest BCUT2D eigenvalue weighted by molar-refractivity contribution is 5.79. The molecular formula is C17H22N2O4. The van der Waals surface area contributed by atoms with E-state index in [9.17, 15) is 14.4 Å². The van der Waals surface area contributed by atoms with Crippen molar-refractivity contribution >= 4 is 16.9 Å². The molecule has 0 aliphatic rings. The smallest absolute Gasteiger partial charge is 0.330 e. The molecule has 0 aliphatic heterocycles. The van der Waals surface area contributed by atoms with Gasteiger partial charge in [-0.15, -0.1) is 0 Å². The van der Waals surface area contributed by atoms with Crippen LogP contribution in [0.2, 0.25) is 0 Å². The van der Waals surface area contributed by atoms with Crippen LogP contribution in [0.3, 0.4) is 0 Å². The van der Waals surface area contributed by atoms with Crippen molar-refractivity contribution in [2.24, 2.45) is 5.92 Å². The highest BCUT2D eigenvalue weighted by atomic mass is 16.6. The Hall–Kier alpha value is -2.37. The van der Waals surface area contributed by atoms with Crippen LogP contribution in [-0.2, 0) is 9.53 Å². The van der Waals surface area contributed by atoms with Crippen molar-refractivity contribution in [3.05, 3.63) is 45.1 Å². The Balaban J connectivity index is 2.65. The Morgan fingerprint density at radius 1 is 1.17 bits per heavy atom. The molecule has 1 atom stereocenters. The first-order valence-electron chi connectivity index (χ1n) is 7.58. The van der Waals surface area contributed by atoms with Gasteiger partial charge in [-0.1, -0.05) is 26.0 Å². The van der Waals surface area contributed by atoms with E-state index in [1.165, 1.54) is 0 Å². The zero-order chi connectivity index (χ0) is 17.4. The fraction of sp³-hybridized carbons (Fsp3) is 0.471. The van der Waals surface area contributed by atoms with Crippen molar-refractivity contribution in [3.63, 3.8) is 0 Å². The normalized spacial score (nSPS) is 13.3. The number of rotatable bonds is 3. The van der Waals surface area contributed by atoms with E-state index < -0.39 is 28.9 Å². The summed E-state index contributed by atoms with van der Waals surface area (Å²) in [5.74, 6) is -0.861. The van der Waals surface area contributed by atoms with E-state index in [0.717, 1.165) is 4.57 Å². The van der Waals surface area contributed by atoms with Crippen LogP contribution < -0.4 is 11.2 Å². The first-order valence-corrected chi connectivity index (χ1v) is 7.58. The van der Waals surface area contributed by atoms with Gasteiger partial charge in [-0.3, -0.25) is 4.79 Å². The second-order valence-electron chi connectivity index (χ2n) is 6.87. The average Bonchev–Trinajstić information content (AvgIpc) is 2.40. The Kier molecular flexibility index (Phi) is 4.45. The number of fused-ring (bicyclic) bond motifs is 1. The minimum absolute atomic E-state index is 0.273. The third-order valence-electron chi connectivity index (χ3n) is 3.39. The minimum Gasteiger partial charge on any atom is -0.458 e. The summed E-state index contributed by atoms with van der Waals surface area (Å²) in [6, 6.07) is 5.74. The van der Waals surface area contributed by atoms with Crippen molar-refractivity contribution < 1.29 is 9.53 Å². The quantitative estimate of drug-likeness (QED) is 0.880. The van der Waals surface area contributed by atoms with Crippen LogP contribution in [0.25, 0.3) is 10.9 Å². The molecule has 0 radical (unpaired) electrons. The third kappa shape index (κ3) is 3.52. The predicted octanol–water partition coefficient (Wildman–Crippen LogP) is 2.23. The maximum Gasteiger partial charge on any atom is 0.330 e. The summed E-state index contributed by atoms with van der Waals surface area (Å²) in [6.45, 7) is 8.78. The number of nitrogens with zero attached hydrogens (tertiary/aromatic N) is 1. The maximum absolute atomic E-state index is 12.7. The summed E-state index contributed by atoms with van der Waals surface area (Å²) >= 11 is 0. The lowest BCUT2D eigenvalue weighted by Crippen LogP contribution is -2.44. The average molecular weight is 318 g/mol. The monoisotopic (exact) mass is 318 g/mol. The Labute approximate surface area is 134 Å². The molecule has 6 heteroatoms. The van der Waals surface area contributed by atoms with Crippen LogP contribution >= 0.6 is 0 Å². The van der Waals surface area contributed by atoms with Gasteiger partial charge in [0.25, 0.3) is 5.56 Å². The van der Waals surface area contributed by atoms with Gasteiger partial charge in [0.15, 0.2) is 0 Å². The first kappa shape index (κ1) is 17.0. The summed E-state index contributed by atoms with van der Waals surface area (Å²) < 4.78 is 6.35. The van der Waals surface area contributed by atoms with Gasteiger partial charge in [0.2, 0.25) is 0 Å². The summed E-state index contributed by atoms with van der Waals surface area (Å²) in [7, 11) is 0. The van der Waals surface area contributed by atoms with E-state index in [2.05, 4.69) is 4.98 Å². The van der Waals surface area contributed by atoms with Gasteiger partial charge in [0.1, 0.15) is 11.6 Å². The van der Waals surface area contributed by atoms with Crippen molar-refractivity contribution in [2.75, 3.05) is 0 Å². The number of para-hydroxylation sites is 1. The van der Waals surface area contributed by atoms with Gasteiger partial charge in [0, 0.05) is 0 Å². The Bertz CT molecular complexity index is 840. The molecular weight excluding hydrogens is 296 g/mol. The second kappa shape index (κ2) is 6.02. The molecule has 1 aromatic heterocycles. The molecule has 1 N–H and O–H groups in total. The van der Waals surface area contributed by atoms with Crippen LogP contribution in [0.1, 0.15) is 40.7 Å². The molecule has 0 fully saturated rings. The number of aromatic amines is 1. The number of aromatic nitrogens is 2. The number of carbonyl (C=O) groups is 1. The molecule has 2 rings (SSSR count). The molecule has 0 unspecified atom stereocenters. The molecule has 0 saturated carbocycles. The predicted molar refractivity (Wildman–Crippen MR) is 88.5 cm³/mol. The van der Waals surface area contributed by atoms with Crippen molar-refractivity contribution in [1.82, 2.24) is 9.55 Å². The van der Waals surface area contributed by atoms with Crippen LogP contribution in [0.4, 0.5) is 0 Å². The van der Waals surface area contributed by atoms with Crippen LogP contribution in [0.5, 0.6) is 0 Å². The fourth-order valence-electron chi connectivity index (χ4n) is 2.47. The number of hydrogen-bond acceptors (Lipinski definition) is 4. The lowest BCUT2D eigenvalue weighted by molar-refractivity contribution is -0.160. The van der Waals surface area contributed by atoms with Crippen LogP contribution in [0, 0.1) is 5.92 Å². The lowest BCUT2D eigenvalue weighted by atomic mass is 10.0. The fourth-order valence-corrected chi connectivity index (χ4v) is 2.47. The van der Waals surface area contributed by atoms with Crippen molar-refractivity contribution in [2.45, 2.75) is 46.3 Å². The molecule has 6 nitrogen and oxygen atoms in total. The first-order chi connectivity index (χ1) is 10.6. The highest BCUT2D eigenvalue weighted by Crippen LogP contribution is 2.20. The largest absolute Gasteiger partial charge is 0.458 e. The van der Waals surface area contributed by atoms with Gasteiger partial charge < -0.3 is 9.72 Å². The van der Waals surface area contributed by atoms with E-state index in [4.69, 9.17) is 4.74 Å². The van der Waals surface area contributed by atoms with Crippen LogP contribution in [0.15, 0.2) is 33.9 Å². The Morgan fingerprint density at radius 2 is 1.78 bits per heavy atom. The SMILES string of the molecule is CC(C)[C@@H](C(=O)OC(C)(C)C)n1c(=O)[nH]c2ccccc2c1=O. The number of carbonyl (C=O) groups excluding carboxylic acids is 1. The molecule has 0 bridgehead atoms. The molecule has 0 amide bonds. The number of nitrogens with one attached hydrogen (secondary N) is 1. The molecule has 124 valence electrons. The third-order valence-corrected chi connectivity index (χ3v) is 3.39. The summed E-state index contributed by atoms with van der Waals surface area (Å²) in [4.78, 5) is 40.2. The molecule has 1 aromatic carbocycles. The summed E-state index contributed by atoms with van der Waals surface area (Å²) in [5, 5.41) is 0.362. The zero-order valence-corrected chi connectivity index (χ0v) is 14.0. The molecule has 0 saturated heterocycles. The van der Waals surface area contributed by atoms with Crippen LogP contribution in [-0.4, -0.2) is 21.1 Å². The molecule has 1 heterocycles. The zero-order valence-electron chi connectivity index (χ0n) is 14.0. The number of H-pyrrole nitrogens is 1. The molecule has 23 heavy (non-hydrogen) atoms. The van der Waals surface area contributed by atoms with E-state index >= 15 is 0 Å². The van der Waals surface area contributed by atoms with Crippen molar-refractivity contribution in [3.8, 4) is 0 Å². The van der Waals surface area contributed by atoms with Gasteiger partial charge in [0.05, 0.1) is 10.9 Å². The molecule has 2 aromatic rings. The minimum atomic E-state index is -0.977. The molecule has 0 spiro atoms. The van der Waals surface area contributed by atoms with E-state index in [0.29, 0.717) is 10.9 Å².